The van der Waals surface area contributed by atoms with Crippen LogP contribution in [-0.4, -0.2) is 37.7 Å². The van der Waals surface area contributed by atoms with Crippen molar-refractivity contribution in [3.8, 4) is 17.2 Å². The first-order valence-electron chi connectivity index (χ1n) is 8.71. The Labute approximate surface area is 153 Å². The van der Waals surface area contributed by atoms with E-state index in [9.17, 15) is 4.79 Å². The van der Waals surface area contributed by atoms with Gasteiger partial charge in [-0.05, 0) is 36.8 Å². The molecule has 1 amide bonds. The molecule has 0 aromatic heterocycles. The molecule has 0 aliphatic carbocycles. The summed E-state index contributed by atoms with van der Waals surface area (Å²) in [7, 11) is 1.78. The van der Waals surface area contributed by atoms with Crippen molar-refractivity contribution in [3.05, 3.63) is 59.7 Å². The summed E-state index contributed by atoms with van der Waals surface area (Å²) in [5.41, 5.74) is 1.88. The third-order valence-corrected chi connectivity index (χ3v) is 4.03. The zero-order valence-corrected chi connectivity index (χ0v) is 15.1. The fraction of sp³-hybridized carbons (Fsp3) is 0.286. The van der Waals surface area contributed by atoms with Crippen LogP contribution in [0.25, 0.3) is 6.08 Å². The smallest absolute Gasteiger partial charge is 0.246 e. The molecular formula is C21H23NO4. The van der Waals surface area contributed by atoms with E-state index in [0.29, 0.717) is 26.4 Å². The molecule has 0 fully saturated rings. The normalized spacial score (nSPS) is 12.8. The van der Waals surface area contributed by atoms with Crippen LogP contribution in [0.5, 0.6) is 17.2 Å². The maximum Gasteiger partial charge on any atom is 0.246 e. The molecule has 0 radical (unpaired) electrons. The van der Waals surface area contributed by atoms with Gasteiger partial charge in [-0.15, -0.1) is 0 Å². The zero-order valence-electron chi connectivity index (χ0n) is 15.1. The summed E-state index contributed by atoms with van der Waals surface area (Å²) in [4.78, 5) is 14.1. The number of rotatable bonds is 6. The molecule has 3 rings (SSSR count). The number of amides is 1. The van der Waals surface area contributed by atoms with Crippen LogP contribution in [0.4, 0.5) is 0 Å². The Kier molecular flexibility index (Phi) is 5.79. The highest BCUT2D eigenvalue weighted by atomic mass is 16.6. The van der Waals surface area contributed by atoms with Gasteiger partial charge in [0.1, 0.15) is 19.0 Å². The third-order valence-electron chi connectivity index (χ3n) is 4.03. The molecule has 1 heterocycles. The fourth-order valence-electron chi connectivity index (χ4n) is 2.73. The monoisotopic (exact) mass is 353 g/mol. The van der Waals surface area contributed by atoms with Crippen LogP contribution in [0.1, 0.15) is 18.1 Å². The number of carbonyl (C=O) groups is 1. The van der Waals surface area contributed by atoms with Crippen LogP contribution >= 0.6 is 0 Å². The minimum absolute atomic E-state index is 0.0776. The second kappa shape index (κ2) is 8.43. The summed E-state index contributed by atoms with van der Waals surface area (Å²) in [6.07, 6.45) is 3.35. The zero-order chi connectivity index (χ0) is 18.4. The molecule has 136 valence electrons. The first-order chi connectivity index (χ1) is 12.7. The Morgan fingerprint density at radius 2 is 1.92 bits per heavy atom. The van der Waals surface area contributed by atoms with Crippen molar-refractivity contribution in [2.45, 2.75) is 13.5 Å². The van der Waals surface area contributed by atoms with Gasteiger partial charge in [-0.25, -0.2) is 0 Å². The van der Waals surface area contributed by atoms with E-state index in [1.165, 1.54) is 0 Å². The van der Waals surface area contributed by atoms with Gasteiger partial charge in [0, 0.05) is 25.2 Å². The number of likely N-dealkylation sites (N-methyl/N-ethyl adjacent to an activating group) is 1. The Bertz CT molecular complexity index is 800. The quantitative estimate of drug-likeness (QED) is 0.746. The van der Waals surface area contributed by atoms with E-state index in [1.807, 2.05) is 49.4 Å². The molecule has 2 aromatic carbocycles. The molecule has 0 bridgehead atoms. The first kappa shape index (κ1) is 17.9. The summed E-state index contributed by atoms with van der Waals surface area (Å²) >= 11 is 0. The molecule has 1 aliphatic heterocycles. The van der Waals surface area contributed by atoms with E-state index in [4.69, 9.17) is 14.2 Å². The van der Waals surface area contributed by atoms with Gasteiger partial charge in [0.25, 0.3) is 0 Å². The van der Waals surface area contributed by atoms with E-state index >= 15 is 0 Å². The van der Waals surface area contributed by atoms with Gasteiger partial charge in [0.15, 0.2) is 11.5 Å². The molecule has 0 saturated heterocycles. The molecule has 0 saturated carbocycles. The van der Waals surface area contributed by atoms with Gasteiger partial charge in [0.05, 0.1) is 6.61 Å². The van der Waals surface area contributed by atoms with Gasteiger partial charge in [0.2, 0.25) is 5.91 Å². The fourth-order valence-corrected chi connectivity index (χ4v) is 2.73. The lowest BCUT2D eigenvalue weighted by Crippen LogP contribution is -2.24. The molecule has 0 atom stereocenters. The van der Waals surface area contributed by atoms with Crippen molar-refractivity contribution in [1.82, 2.24) is 4.90 Å². The number of benzene rings is 2. The van der Waals surface area contributed by atoms with Gasteiger partial charge in [-0.2, -0.15) is 0 Å². The Hall–Kier alpha value is -2.95. The number of nitrogens with zero attached hydrogens (tertiary/aromatic N) is 1. The van der Waals surface area contributed by atoms with Gasteiger partial charge in [-0.1, -0.05) is 24.3 Å². The van der Waals surface area contributed by atoms with Crippen LogP contribution in [0.2, 0.25) is 0 Å². The largest absolute Gasteiger partial charge is 0.493 e. The van der Waals surface area contributed by atoms with Crippen LogP contribution in [0, 0.1) is 0 Å². The van der Waals surface area contributed by atoms with Crippen molar-refractivity contribution in [2.24, 2.45) is 0 Å². The van der Waals surface area contributed by atoms with Crippen molar-refractivity contribution in [2.75, 3.05) is 26.9 Å². The maximum absolute atomic E-state index is 12.4. The van der Waals surface area contributed by atoms with E-state index in [2.05, 4.69) is 0 Å². The molecule has 0 N–H and O–H groups in total. The Morgan fingerprint density at radius 1 is 1.15 bits per heavy atom. The SMILES string of the molecule is CCOc1ccccc1/C=C/C(=O)N(C)Cc1ccc2c(c1)OCCO2. The minimum atomic E-state index is -0.0776. The summed E-state index contributed by atoms with van der Waals surface area (Å²) in [6.45, 7) is 4.13. The highest BCUT2D eigenvalue weighted by Crippen LogP contribution is 2.31. The van der Waals surface area contributed by atoms with Gasteiger partial charge >= 0.3 is 0 Å². The van der Waals surface area contributed by atoms with Crippen molar-refractivity contribution >= 4 is 12.0 Å². The summed E-state index contributed by atoms with van der Waals surface area (Å²) in [5.74, 6) is 2.18. The Balaban J connectivity index is 1.65. The lowest BCUT2D eigenvalue weighted by atomic mass is 10.1. The number of fused-ring (bicyclic) bond motifs is 1. The molecule has 26 heavy (non-hydrogen) atoms. The van der Waals surface area contributed by atoms with Crippen LogP contribution in [0.3, 0.4) is 0 Å². The number of hydrogen-bond acceptors (Lipinski definition) is 4. The van der Waals surface area contributed by atoms with Crippen molar-refractivity contribution in [1.29, 1.82) is 0 Å². The predicted molar refractivity (Wildman–Crippen MR) is 101 cm³/mol. The standard InChI is InChI=1S/C21H23NO4/c1-3-24-18-7-5-4-6-17(18)9-11-21(23)22(2)15-16-8-10-19-20(14-16)26-13-12-25-19/h4-11,14H,3,12-13,15H2,1-2H3/b11-9+. The summed E-state index contributed by atoms with van der Waals surface area (Å²) in [5, 5.41) is 0. The number of para-hydroxylation sites is 1. The highest BCUT2D eigenvalue weighted by molar-refractivity contribution is 5.92. The molecule has 0 spiro atoms. The summed E-state index contributed by atoms with van der Waals surface area (Å²) in [6, 6.07) is 13.4. The van der Waals surface area contributed by atoms with E-state index < -0.39 is 0 Å². The van der Waals surface area contributed by atoms with Gasteiger partial charge in [-0.3, -0.25) is 4.79 Å². The number of ether oxygens (including phenoxy) is 3. The average molecular weight is 353 g/mol. The van der Waals surface area contributed by atoms with Gasteiger partial charge < -0.3 is 19.1 Å². The summed E-state index contributed by atoms with van der Waals surface area (Å²) < 4.78 is 16.7. The van der Waals surface area contributed by atoms with Crippen molar-refractivity contribution in [3.63, 3.8) is 0 Å². The predicted octanol–water partition coefficient (Wildman–Crippen LogP) is 3.53. The van der Waals surface area contributed by atoms with Crippen LogP contribution < -0.4 is 14.2 Å². The Morgan fingerprint density at radius 3 is 2.73 bits per heavy atom. The third kappa shape index (κ3) is 4.36. The topological polar surface area (TPSA) is 48.0 Å². The second-order valence-corrected chi connectivity index (χ2v) is 5.98. The average Bonchev–Trinajstić information content (AvgIpc) is 2.67. The van der Waals surface area contributed by atoms with Crippen LogP contribution in [0.15, 0.2) is 48.5 Å². The van der Waals surface area contributed by atoms with E-state index in [0.717, 1.165) is 28.4 Å². The maximum atomic E-state index is 12.4. The second-order valence-electron chi connectivity index (χ2n) is 5.98. The molecule has 5 heteroatoms. The number of carbonyl (C=O) groups excluding carboxylic acids is 1. The highest BCUT2D eigenvalue weighted by Gasteiger charge is 2.13. The molecule has 2 aromatic rings. The number of hydrogen-bond donors (Lipinski definition) is 0. The van der Waals surface area contributed by atoms with Crippen LogP contribution in [-0.2, 0) is 11.3 Å². The molecule has 0 unspecified atom stereocenters. The minimum Gasteiger partial charge on any atom is -0.493 e. The van der Waals surface area contributed by atoms with Crippen molar-refractivity contribution < 1.29 is 19.0 Å². The molecule has 5 nitrogen and oxygen atoms in total. The van der Waals surface area contributed by atoms with E-state index in [1.54, 1.807) is 24.1 Å². The first-order valence-corrected chi connectivity index (χ1v) is 8.71. The lowest BCUT2D eigenvalue weighted by molar-refractivity contribution is -0.125. The molecule has 1 aliphatic rings. The molecular weight excluding hydrogens is 330 g/mol. The van der Waals surface area contributed by atoms with E-state index in [-0.39, 0.29) is 5.91 Å². The lowest BCUT2D eigenvalue weighted by Gasteiger charge is -2.20.